The summed E-state index contributed by atoms with van der Waals surface area (Å²) in [4.78, 5) is 29.0. The van der Waals surface area contributed by atoms with Crippen molar-refractivity contribution in [2.45, 2.75) is 17.9 Å². The number of aliphatic hydroxyl groups is 2. The number of nitrogens with zero attached hydrogens (tertiary/aromatic N) is 4. The van der Waals surface area contributed by atoms with Crippen molar-refractivity contribution in [2.75, 3.05) is 18.9 Å². The molecule has 3 rings (SSSR count). The van der Waals surface area contributed by atoms with Crippen molar-refractivity contribution in [2.24, 2.45) is 0 Å². The number of phosphoric ester groups is 1. The van der Waals surface area contributed by atoms with Crippen molar-refractivity contribution in [3.05, 3.63) is 11.6 Å². The Labute approximate surface area is 139 Å². The first kappa shape index (κ1) is 17.5. The summed E-state index contributed by atoms with van der Waals surface area (Å²) in [6, 6.07) is 0. The number of hydrogen-bond donors (Lipinski definition) is 5. The third-order valence-electron chi connectivity index (χ3n) is 3.56. The van der Waals surface area contributed by atoms with Gasteiger partial charge in [0, 0.05) is 0 Å². The number of hydrogen-bond acceptors (Lipinski definition) is 9. The third kappa shape index (κ3) is 2.98. The summed E-state index contributed by atoms with van der Waals surface area (Å²) in [5.74, 6) is -0.0119. The van der Waals surface area contributed by atoms with Crippen molar-refractivity contribution in [3.63, 3.8) is 0 Å². The molecule has 0 spiro atoms. The summed E-state index contributed by atoms with van der Waals surface area (Å²) >= 11 is 5.74. The highest BCUT2D eigenvalue weighted by Gasteiger charge is 2.51. The average molecular weight is 382 g/mol. The third-order valence-corrected chi connectivity index (χ3v) is 4.21. The van der Waals surface area contributed by atoms with Crippen LogP contribution in [0.2, 0.25) is 5.28 Å². The van der Waals surface area contributed by atoms with E-state index in [1.807, 2.05) is 0 Å². The highest BCUT2D eigenvalue weighted by atomic mass is 35.5. The molecular formula is C10H13ClN5O7P. The molecule has 2 aromatic rings. The van der Waals surface area contributed by atoms with E-state index in [0.717, 1.165) is 4.57 Å². The SMILES string of the molecule is Nc1nc(Cl)nc2c1ncn2C1(O)COC(COP(=O)(O)O)C1O. The second-order valence-corrected chi connectivity index (χ2v) is 6.70. The van der Waals surface area contributed by atoms with Crippen molar-refractivity contribution in [3.8, 4) is 0 Å². The summed E-state index contributed by atoms with van der Waals surface area (Å²) in [6.07, 6.45) is -1.60. The number of nitrogens with two attached hydrogens (primary N) is 1. The fourth-order valence-corrected chi connectivity index (χ4v) is 2.92. The molecule has 0 saturated carbocycles. The van der Waals surface area contributed by atoms with Crippen LogP contribution in [0.25, 0.3) is 11.2 Å². The van der Waals surface area contributed by atoms with Crippen LogP contribution in [0.4, 0.5) is 5.82 Å². The second-order valence-electron chi connectivity index (χ2n) is 5.12. The van der Waals surface area contributed by atoms with Gasteiger partial charge in [0.1, 0.15) is 17.7 Å². The molecule has 6 N–H and O–H groups in total. The Morgan fingerprint density at radius 2 is 2.25 bits per heavy atom. The van der Waals surface area contributed by atoms with Gasteiger partial charge in [-0.1, -0.05) is 0 Å². The quantitative estimate of drug-likeness (QED) is 0.309. The fourth-order valence-electron chi connectivity index (χ4n) is 2.40. The summed E-state index contributed by atoms with van der Waals surface area (Å²) in [6.45, 7) is -1.03. The van der Waals surface area contributed by atoms with Gasteiger partial charge >= 0.3 is 7.82 Å². The van der Waals surface area contributed by atoms with Gasteiger partial charge in [0.05, 0.1) is 19.5 Å². The Hall–Kier alpha value is -1.37. The predicted octanol–water partition coefficient (Wildman–Crippen LogP) is -1.42. The Balaban J connectivity index is 1.93. The van der Waals surface area contributed by atoms with Gasteiger partial charge in [-0.05, 0) is 11.6 Å². The molecule has 0 aliphatic carbocycles. The standard InChI is InChI=1S/C10H13ClN5O7P/c11-9-14-7(12)5-8(15-9)16(3-13-5)10(18)2-22-4(6(10)17)1-23-24(19,20)21/h3-4,6,17-18H,1-2H2,(H2,12,14,15)(H2,19,20,21). The van der Waals surface area contributed by atoms with Crippen molar-refractivity contribution >= 4 is 36.4 Å². The van der Waals surface area contributed by atoms with Gasteiger partial charge < -0.3 is 30.5 Å². The lowest BCUT2D eigenvalue weighted by atomic mass is 10.1. The summed E-state index contributed by atoms with van der Waals surface area (Å²) < 4.78 is 21.3. The van der Waals surface area contributed by atoms with Crippen LogP contribution in [0.1, 0.15) is 0 Å². The average Bonchev–Trinajstić information content (AvgIpc) is 3.00. The van der Waals surface area contributed by atoms with Crippen molar-refractivity contribution < 1.29 is 33.8 Å². The zero-order valence-corrected chi connectivity index (χ0v) is 13.5. The van der Waals surface area contributed by atoms with Gasteiger partial charge in [0.2, 0.25) is 5.28 Å². The van der Waals surface area contributed by atoms with Crippen LogP contribution >= 0.6 is 19.4 Å². The number of rotatable bonds is 4. The van der Waals surface area contributed by atoms with Crippen LogP contribution in [0.5, 0.6) is 0 Å². The Bertz CT molecular complexity index is 827. The van der Waals surface area contributed by atoms with E-state index in [1.54, 1.807) is 0 Å². The first-order valence-corrected chi connectivity index (χ1v) is 8.41. The maximum Gasteiger partial charge on any atom is 0.469 e. The van der Waals surface area contributed by atoms with Gasteiger partial charge in [-0.25, -0.2) is 9.55 Å². The summed E-state index contributed by atoms with van der Waals surface area (Å²) in [5, 5.41) is 20.9. The van der Waals surface area contributed by atoms with E-state index >= 15 is 0 Å². The lowest BCUT2D eigenvalue weighted by Gasteiger charge is -2.27. The molecule has 0 radical (unpaired) electrons. The van der Waals surface area contributed by atoms with Gasteiger partial charge in [-0.2, -0.15) is 9.97 Å². The molecule has 3 heterocycles. The van der Waals surface area contributed by atoms with E-state index in [2.05, 4.69) is 19.5 Å². The maximum atomic E-state index is 10.8. The van der Waals surface area contributed by atoms with Crippen molar-refractivity contribution in [1.82, 2.24) is 19.5 Å². The number of aromatic nitrogens is 4. The summed E-state index contributed by atoms with van der Waals surface area (Å²) in [7, 11) is -4.75. The minimum atomic E-state index is -4.75. The molecule has 3 atom stereocenters. The van der Waals surface area contributed by atoms with E-state index in [-0.39, 0.29) is 22.3 Å². The van der Waals surface area contributed by atoms with Crippen LogP contribution in [0, 0.1) is 0 Å². The van der Waals surface area contributed by atoms with Gasteiger partial charge in [-0.15, -0.1) is 0 Å². The number of anilines is 1. The largest absolute Gasteiger partial charge is 0.469 e. The van der Waals surface area contributed by atoms with Crippen LogP contribution < -0.4 is 5.73 Å². The summed E-state index contributed by atoms with van der Waals surface area (Å²) in [5.41, 5.74) is 3.89. The topological polar surface area (TPSA) is 186 Å². The van der Waals surface area contributed by atoms with Gasteiger partial charge in [-0.3, -0.25) is 9.09 Å². The minimum absolute atomic E-state index is 0.0119. The Morgan fingerprint density at radius 1 is 1.54 bits per heavy atom. The highest BCUT2D eigenvalue weighted by molar-refractivity contribution is 7.46. The molecule has 0 amide bonds. The number of halogens is 1. The number of ether oxygens (including phenoxy) is 1. The van der Waals surface area contributed by atoms with E-state index in [4.69, 9.17) is 31.9 Å². The van der Waals surface area contributed by atoms with E-state index in [1.165, 1.54) is 6.33 Å². The first-order valence-electron chi connectivity index (χ1n) is 6.50. The number of aliphatic hydroxyl groups excluding tert-OH is 1. The lowest BCUT2D eigenvalue weighted by molar-refractivity contribution is -0.109. The highest BCUT2D eigenvalue weighted by Crippen LogP contribution is 2.39. The Kier molecular flexibility index (Phi) is 4.26. The molecule has 12 nitrogen and oxygen atoms in total. The zero-order valence-electron chi connectivity index (χ0n) is 11.9. The zero-order chi connectivity index (χ0) is 17.7. The van der Waals surface area contributed by atoms with Crippen LogP contribution in [-0.2, 0) is 19.6 Å². The molecular weight excluding hydrogens is 369 g/mol. The van der Waals surface area contributed by atoms with E-state index in [0.29, 0.717) is 0 Å². The van der Waals surface area contributed by atoms with Crippen LogP contribution in [0.3, 0.4) is 0 Å². The number of phosphoric acid groups is 1. The van der Waals surface area contributed by atoms with Gasteiger partial charge in [0.25, 0.3) is 0 Å². The van der Waals surface area contributed by atoms with E-state index in [9.17, 15) is 14.8 Å². The van der Waals surface area contributed by atoms with Crippen LogP contribution in [0.15, 0.2) is 6.33 Å². The lowest BCUT2D eigenvalue weighted by Crippen LogP contribution is -2.47. The normalized spacial score (nSPS) is 27.9. The Morgan fingerprint density at radius 3 is 2.92 bits per heavy atom. The van der Waals surface area contributed by atoms with Crippen LogP contribution in [-0.4, -0.2) is 64.9 Å². The molecule has 24 heavy (non-hydrogen) atoms. The first-order chi connectivity index (χ1) is 11.1. The smallest absolute Gasteiger partial charge is 0.385 e. The van der Waals surface area contributed by atoms with E-state index < -0.39 is 39.0 Å². The number of imidazole rings is 1. The number of fused-ring (bicyclic) bond motifs is 1. The predicted molar refractivity (Wildman–Crippen MR) is 78.7 cm³/mol. The second kappa shape index (κ2) is 5.86. The minimum Gasteiger partial charge on any atom is -0.385 e. The maximum absolute atomic E-state index is 10.8. The molecule has 2 aromatic heterocycles. The van der Waals surface area contributed by atoms with Gasteiger partial charge in [0.15, 0.2) is 17.2 Å². The molecule has 1 aliphatic heterocycles. The fraction of sp³-hybridized carbons (Fsp3) is 0.500. The monoisotopic (exact) mass is 381 g/mol. The molecule has 1 aliphatic rings. The van der Waals surface area contributed by atoms with Crippen molar-refractivity contribution in [1.29, 1.82) is 0 Å². The number of nitrogen functional groups attached to an aromatic ring is 1. The molecule has 0 bridgehead atoms. The molecule has 1 saturated heterocycles. The molecule has 1 fully saturated rings. The molecule has 3 unspecified atom stereocenters. The molecule has 14 heteroatoms. The molecule has 132 valence electrons. The molecule has 0 aromatic carbocycles.